The van der Waals surface area contributed by atoms with E-state index in [0.717, 1.165) is 31.9 Å². The fraction of sp³-hybridized carbons (Fsp3) is 1.00. The van der Waals surface area contributed by atoms with Crippen molar-refractivity contribution in [2.45, 2.75) is 32.3 Å². The van der Waals surface area contributed by atoms with Crippen molar-refractivity contribution in [3.8, 4) is 0 Å². The molecule has 0 aromatic carbocycles. The van der Waals surface area contributed by atoms with Crippen LogP contribution in [0, 0.1) is 5.41 Å². The maximum absolute atomic E-state index is 5.67. The number of hydrogen-bond donors (Lipinski definition) is 1. The van der Waals surface area contributed by atoms with Crippen molar-refractivity contribution in [3.05, 3.63) is 0 Å². The highest BCUT2D eigenvalue weighted by atomic mass is 32.1. The molecular formula is C11H21NOS. The third kappa shape index (κ3) is 2.44. The molecule has 1 heterocycles. The van der Waals surface area contributed by atoms with E-state index in [1.54, 1.807) is 0 Å². The summed E-state index contributed by atoms with van der Waals surface area (Å²) in [5.74, 6) is 1.06. The first-order chi connectivity index (χ1) is 6.78. The standard InChI is InChI=1S/C11H21NOS/c1-2-10-7-12(5-6-13-10)8-11(9-14)3-4-11/h10,14H,2-9H2,1H3. The van der Waals surface area contributed by atoms with Crippen LogP contribution in [0.1, 0.15) is 26.2 Å². The van der Waals surface area contributed by atoms with Gasteiger partial charge in [0.25, 0.3) is 0 Å². The number of hydrogen-bond acceptors (Lipinski definition) is 3. The zero-order valence-electron chi connectivity index (χ0n) is 9.04. The largest absolute Gasteiger partial charge is 0.376 e. The molecular weight excluding hydrogens is 194 g/mol. The molecule has 0 aromatic rings. The topological polar surface area (TPSA) is 12.5 Å². The molecule has 2 aliphatic rings. The Kier molecular flexibility index (Phi) is 3.40. The predicted octanol–water partition coefficient (Wildman–Crippen LogP) is 1.81. The van der Waals surface area contributed by atoms with Crippen molar-refractivity contribution in [1.29, 1.82) is 0 Å². The molecule has 3 heteroatoms. The van der Waals surface area contributed by atoms with Gasteiger partial charge in [-0.2, -0.15) is 12.6 Å². The Morgan fingerprint density at radius 1 is 1.50 bits per heavy atom. The molecule has 1 aliphatic carbocycles. The second-order valence-electron chi connectivity index (χ2n) is 4.79. The monoisotopic (exact) mass is 215 g/mol. The third-order valence-corrected chi connectivity index (χ3v) is 4.20. The van der Waals surface area contributed by atoms with Gasteiger partial charge in [-0.1, -0.05) is 6.92 Å². The quantitative estimate of drug-likeness (QED) is 0.718. The van der Waals surface area contributed by atoms with Crippen molar-refractivity contribution in [3.63, 3.8) is 0 Å². The Bertz CT molecular complexity index is 194. The first-order valence-corrected chi connectivity index (χ1v) is 6.36. The molecule has 82 valence electrons. The van der Waals surface area contributed by atoms with Crippen molar-refractivity contribution >= 4 is 12.6 Å². The van der Waals surface area contributed by atoms with E-state index in [4.69, 9.17) is 4.74 Å². The van der Waals surface area contributed by atoms with Crippen LogP contribution in [-0.4, -0.2) is 43.0 Å². The molecule has 0 aromatic heterocycles. The molecule has 2 rings (SSSR count). The fourth-order valence-electron chi connectivity index (χ4n) is 2.19. The molecule has 1 unspecified atom stereocenters. The maximum Gasteiger partial charge on any atom is 0.0700 e. The van der Waals surface area contributed by atoms with Gasteiger partial charge in [0.2, 0.25) is 0 Å². The van der Waals surface area contributed by atoms with Gasteiger partial charge in [-0.3, -0.25) is 4.90 Å². The molecule has 0 N–H and O–H groups in total. The molecule has 2 nitrogen and oxygen atoms in total. The lowest BCUT2D eigenvalue weighted by atomic mass is 10.1. The molecule has 1 saturated heterocycles. The summed E-state index contributed by atoms with van der Waals surface area (Å²) >= 11 is 4.45. The average Bonchev–Trinajstić information content (AvgIpc) is 2.99. The number of rotatable bonds is 4. The summed E-state index contributed by atoms with van der Waals surface area (Å²) < 4.78 is 5.67. The lowest BCUT2D eigenvalue weighted by Gasteiger charge is -2.34. The van der Waals surface area contributed by atoms with Gasteiger partial charge in [0, 0.05) is 19.6 Å². The zero-order chi connectivity index (χ0) is 10.0. The van der Waals surface area contributed by atoms with Crippen molar-refractivity contribution < 1.29 is 4.74 Å². The normalized spacial score (nSPS) is 31.7. The first-order valence-electron chi connectivity index (χ1n) is 5.73. The Hall–Kier alpha value is 0.270. The molecule has 0 bridgehead atoms. The SMILES string of the molecule is CCC1CN(CC2(CS)CC2)CCO1. The molecule has 0 radical (unpaired) electrons. The van der Waals surface area contributed by atoms with E-state index >= 15 is 0 Å². The van der Waals surface area contributed by atoms with Crippen molar-refractivity contribution in [2.75, 3.05) is 32.0 Å². The minimum atomic E-state index is 0.472. The molecule has 0 amide bonds. The number of morpholine rings is 1. The second-order valence-corrected chi connectivity index (χ2v) is 5.11. The maximum atomic E-state index is 5.67. The molecule has 14 heavy (non-hydrogen) atoms. The van der Waals surface area contributed by atoms with Gasteiger partial charge in [-0.05, 0) is 30.4 Å². The van der Waals surface area contributed by atoms with Gasteiger partial charge < -0.3 is 4.74 Å². The van der Waals surface area contributed by atoms with Crippen molar-refractivity contribution in [2.24, 2.45) is 5.41 Å². The number of thiol groups is 1. The second kappa shape index (κ2) is 4.42. The molecule has 1 aliphatic heterocycles. The minimum absolute atomic E-state index is 0.472. The highest BCUT2D eigenvalue weighted by Gasteiger charge is 2.42. The predicted molar refractivity (Wildman–Crippen MR) is 62.0 cm³/mol. The minimum Gasteiger partial charge on any atom is -0.376 e. The van der Waals surface area contributed by atoms with Gasteiger partial charge >= 0.3 is 0 Å². The zero-order valence-corrected chi connectivity index (χ0v) is 9.93. The van der Waals surface area contributed by atoms with Crippen LogP contribution in [0.2, 0.25) is 0 Å². The van der Waals surface area contributed by atoms with E-state index < -0.39 is 0 Å². The summed E-state index contributed by atoms with van der Waals surface area (Å²) in [7, 11) is 0. The third-order valence-electron chi connectivity index (χ3n) is 3.53. The summed E-state index contributed by atoms with van der Waals surface area (Å²) in [4.78, 5) is 2.57. The summed E-state index contributed by atoms with van der Waals surface area (Å²) in [6.45, 7) is 6.62. The van der Waals surface area contributed by atoms with E-state index in [1.807, 2.05) is 0 Å². The molecule has 1 atom stereocenters. The summed E-state index contributed by atoms with van der Waals surface area (Å²) in [5.41, 5.74) is 0.568. The lowest BCUT2D eigenvalue weighted by molar-refractivity contribution is -0.0344. The van der Waals surface area contributed by atoms with Gasteiger partial charge in [0.1, 0.15) is 0 Å². The van der Waals surface area contributed by atoms with Crippen LogP contribution in [0.5, 0.6) is 0 Å². The Morgan fingerprint density at radius 2 is 2.29 bits per heavy atom. The highest BCUT2D eigenvalue weighted by molar-refractivity contribution is 7.80. The van der Waals surface area contributed by atoms with E-state index in [9.17, 15) is 0 Å². The van der Waals surface area contributed by atoms with E-state index in [2.05, 4.69) is 24.5 Å². The first kappa shape index (κ1) is 10.8. The molecule has 1 saturated carbocycles. The summed E-state index contributed by atoms with van der Waals surface area (Å²) in [6, 6.07) is 0. The van der Waals surface area contributed by atoms with Crippen LogP contribution in [-0.2, 0) is 4.74 Å². The van der Waals surface area contributed by atoms with E-state index in [1.165, 1.54) is 19.4 Å². The van der Waals surface area contributed by atoms with Gasteiger partial charge in [-0.25, -0.2) is 0 Å². The van der Waals surface area contributed by atoms with Gasteiger partial charge in [-0.15, -0.1) is 0 Å². The Balaban J connectivity index is 1.80. The number of ether oxygens (including phenoxy) is 1. The van der Waals surface area contributed by atoms with Crippen LogP contribution in [0.15, 0.2) is 0 Å². The van der Waals surface area contributed by atoms with E-state index in [0.29, 0.717) is 11.5 Å². The van der Waals surface area contributed by atoms with E-state index in [-0.39, 0.29) is 0 Å². The van der Waals surface area contributed by atoms with Crippen LogP contribution in [0.3, 0.4) is 0 Å². The van der Waals surface area contributed by atoms with Crippen molar-refractivity contribution in [1.82, 2.24) is 4.90 Å². The Labute approximate surface area is 92.4 Å². The Morgan fingerprint density at radius 3 is 2.86 bits per heavy atom. The fourth-order valence-corrected chi connectivity index (χ4v) is 2.60. The van der Waals surface area contributed by atoms with Crippen LogP contribution >= 0.6 is 12.6 Å². The van der Waals surface area contributed by atoms with Crippen LogP contribution < -0.4 is 0 Å². The van der Waals surface area contributed by atoms with Gasteiger partial charge in [0.05, 0.1) is 12.7 Å². The smallest absolute Gasteiger partial charge is 0.0700 e. The number of nitrogens with zero attached hydrogens (tertiary/aromatic N) is 1. The molecule has 2 fully saturated rings. The lowest BCUT2D eigenvalue weighted by Crippen LogP contribution is -2.44. The summed E-state index contributed by atoms with van der Waals surface area (Å²) in [6.07, 6.45) is 4.37. The van der Waals surface area contributed by atoms with Gasteiger partial charge in [0.15, 0.2) is 0 Å². The molecule has 0 spiro atoms. The average molecular weight is 215 g/mol. The van der Waals surface area contributed by atoms with Crippen LogP contribution in [0.4, 0.5) is 0 Å². The highest BCUT2D eigenvalue weighted by Crippen LogP contribution is 2.47. The van der Waals surface area contributed by atoms with Crippen LogP contribution in [0.25, 0.3) is 0 Å². The summed E-state index contributed by atoms with van der Waals surface area (Å²) in [5, 5.41) is 0.